The summed E-state index contributed by atoms with van der Waals surface area (Å²) in [5.74, 6) is -0.450. The molecule has 12 heteroatoms. The molecule has 2 aromatic carbocycles. The summed E-state index contributed by atoms with van der Waals surface area (Å²) < 4.78 is 43.6. The third kappa shape index (κ3) is 6.16. The highest BCUT2D eigenvalue weighted by molar-refractivity contribution is 7.80. The Balaban J connectivity index is 1.72. The van der Waals surface area contributed by atoms with Gasteiger partial charge >= 0.3 is 12.1 Å². The first-order valence-corrected chi connectivity index (χ1v) is 11.2. The number of carbonyl (C=O) groups excluding carboxylic acids is 1. The molecule has 4 N–H and O–H groups in total. The second-order valence-electron chi connectivity index (χ2n) is 7.18. The zero-order valence-corrected chi connectivity index (χ0v) is 20.4. The molecule has 0 aromatic heterocycles. The highest BCUT2D eigenvalue weighted by Crippen LogP contribution is 2.34. The van der Waals surface area contributed by atoms with E-state index in [9.17, 15) is 18.0 Å². The van der Waals surface area contributed by atoms with E-state index in [2.05, 4.69) is 21.3 Å². The Morgan fingerprint density at radius 2 is 1.85 bits per heavy atom. The maximum Gasteiger partial charge on any atom is 0.416 e. The van der Waals surface area contributed by atoms with E-state index in [0.717, 1.165) is 17.7 Å². The van der Waals surface area contributed by atoms with Crippen LogP contribution < -0.4 is 21.3 Å². The Bertz CT molecular complexity index is 1150. The molecule has 0 aliphatic carbocycles. The van der Waals surface area contributed by atoms with Crippen LogP contribution in [0.15, 0.2) is 53.7 Å². The van der Waals surface area contributed by atoms with Gasteiger partial charge in [-0.25, -0.2) is 4.79 Å². The topological polar surface area (TPSA) is 74.4 Å². The van der Waals surface area contributed by atoms with E-state index in [4.69, 9.17) is 40.8 Å². The first-order chi connectivity index (χ1) is 16.0. The van der Waals surface area contributed by atoms with Crippen LogP contribution in [0.1, 0.15) is 31.0 Å². The van der Waals surface area contributed by atoms with Gasteiger partial charge in [0.2, 0.25) is 0 Å². The molecule has 0 saturated carbocycles. The molecule has 1 atom stereocenters. The zero-order chi connectivity index (χ0) is 25.0. The lowest BCUT2D eigenvalue weighted by Gasteiger charge is -2.30. The summed E-state index contributed by atoms with van der Waals surface area (Å²) in [5, 5.41) is 12.1. The van der Waals surface area contributed by atoms with Gasteiger partial charge in [0.15, 0.2) is 10.2 Å². The molecule has 0 amide bonds. The maximum absolute atomic E-state index is 12.8. The fraction of sp³-hybridized carbons (Fsp3) is 0.227. The number of hydrogen-bond acceptors (Lipinski definition) is 4. The second-order valence-corrected chi connectivity index (χ2v) is 8.41. The lowest BCUT2D eigenvalue weighted by molar-refractivity contribution is -0.139. The van der Waals surface area contributed by atoms with E-state index >= 15 is 0 Å². The third-order valence-electron chi connectivity index (χ3n) is 4.81. The van der Waals surface area contributed by atoms with Crippen LogP contribution in [0.3, 0.4) is 0 Å². The average Bonchev–Trinajstić information content (AvgIpc) is 2.74. The van der Waals surface area contributed by atoms with Crippen LogP contribution >= 0.6 is 36.0 Å². The largest absolute Gasteiger partial charge is 0.463 e. The van der Waals surface area contributed by atoms with Crippen molar-refractivity contribution in [2.75, 3.05) is 17.2 Å². The van der Waals surface area contributed by atoms with Crippen molar-refractivity contribution in [1.82, 2.24) is 10.6 Å². The summed E-state index contributed by atoms with van der Waals surface area (Å²) in [6.07, 6.45) is -4.49. The number of hydrogen-bond donors (Lipinski definition) is 4. The lowest BCUT2D eigenvalue weighted by atomic mass is 9.95. The number of benzene rings is 2. The molecule has 0 bridgehead atoms. The van der Waals surface area contributed by atoms with Crippen molar-refractivity contribution in [1.29, 1.82) is 0 Å². The summed E-state index contributed by atoms with van der Waals surface area (Å²) >= 11 is 16.4. The van der Waals surface area contributed by atoms with Gasteiger partial charge in [-0.3, -0.25) is 0 Å². The van der Waals surface area contributed by atoms with Crippen LogP contribution in [0.4, 0.5) is 24.5 Å². The molecule has 0 spiro atoms. The number of allylic oxidation sites excluding steroid dienone is 1. The first-order valence-electron chi connectivity index (χ1n) is 9.99. The van der Waals surface area contributed by atoms with E-state index in [1.807, 2.05) is 0 Å². The van der Waals surface area contributed by atoms with Gasteiger partial charge in [0, 0.05) is 11.4 Å². The van der Waals surface area contributed by atoms with E-state index < -0.39 is 23.8 Å². The second kappa shape index (κ2) is 10.6. The summed E-state index contributed by atoms with van der Waals surface area (Å²) in [6.45, 7) is 3.72. The van der Waals surface area contributed by atoms with Gasteiger partial charge in [0.1, 0.15) is 0 Å². The summed E-state index contributed by atoms with van der Waals surface area (Å²) in [7, 11) is 0. The molecule has 3 rings (SSSR count). The monoisotopic (exact) mass is 528 g/mol. The number of alkyl halides is 3. The molecule has 1 heterocycles. The molecular weight excluding hydrogens is 509 g/mol. The number of thiocarbonyl (C=S) groups is 2. The molecule has 1 unspecified atom stereocenters. The van der Waals surface area contributed by atoms with E-state index in [-0.39, 0.29) is 22.4 Å². The summed E-state index contributed by atoms with van der Waals surface area (Å²) in [6, 6.07) is 9.50. The molecule has 0 fully saturated rings. The molecule has 1 aliphatic rings. The normalized spacial score (nSPS) is 15.8. The van der Waals surface area contributed by atoms with Crippen LogP contribution in [0.2, 0.25) is 5.02 Å². The van der Waals surface area contributed by atoms with Gasteiger partial charge < -0.3 is 26.0 Å². The minimum Gasteiger partial charge on any atom is -0.463 e. The third-order valence-corrected chi connectivity index (χ3v) is 5.55. The molecule has 34 heavy (non-hydrogen) atoms. The van der Waals surface area contributed by atoms with Crippen molar-refractivity contribution in [3.63, 3.8) is 0 Å². The number of esters is 1. The van der Waals surface area contributed by atoms with Crippen molar-refractivity contribution < 1.29 is 22.7 Å². The van der Waals surface area contributed by atoms with Gasteiger partial charge in [0.25, 0.3) is 0 Å². The lowest BCUT2D eigenvalue weighted by Crippen LogP contribution is -2.45. The van der Waals surface area contributed by atoms with Crippen molar-refractivity contribution >= 4 is 63.6 Å². The first kappa shape index (κ1) is 25.7. The Morgan fingerprint density at radius 1 is 1.18 bits per heavy atom. The molecule has 180 valence electrons. The minimum atomic E-state index is -4.49. The van der Waals surface area contributed by atoms with Crippen LogP contribution in [0.5, 0.6) is 0 Å². The highest BCUT2D eigenvalue weighted by atomic mass is 35.5. The van der Waals surface area contributed by atoms with E-state index in [1.165, 1.54) is 6.07 Å². The van der Waals surface area contributed by atoms with Gasteiger partial charge in [-0.2, -0.15) is 13.2 Å². The quantitative estimate of drug-likeness (QED) is 0.298. The Labute approximate surface area is 209 Å². The van der Waals surface area contributed by atoms with Crippen molar-refractivity contribution in [2.24, 2.45) is 0 Å². The van der Waals surface area contributed by atoms with E-state index in [1.54, 1.807) is 38.1 Å². The van der Waals surface area contributed by atoms with Gasteiger partial charge in [-0.1, -0.05) is 23.7 Å². The average molecular weight is 529 g/mol. The zero-order valence-electron chi connectivity index (χ0n) is 18.0. The van der Waals surface area contributed by atoms with Gasteiger partial charge in [-0.05, 0) is 74.2 Å². The number of nitrogens with one attached hydrogen (secondary N) is 4. The molecule has 1 aliphatic heterocycles. The van der Waals surface area contributed by atoms with E-state index in [0.29, 0.717) is 22.1 Å². The Morgan fingerprint density at radius 3 is 2.44 bits per heavy atom. The van der Waals surface area contributed by atoms with Crippen LogP contribution in [0.25, 0.3) is 0 Å². The molecular formula is C22H20ClF3N4O2S2. The predicted octanol–water partition coefficient (Wildman–Crippen LogP) is 5.52. The molecule has 0 saturated heterocycles. The summed E-state index contributed by atoms with van der Waals surface area (Å²) in [5.41, 5.74) is 1.78. The molecule has 2 aromatic rings. The number of carbonyl (C=O) groups is 1. The highest BCUT2D eigenvalue weighted by Gasteiger charge is 2.31. The Hall–Kier alpha value is -2.89. The van der Waals surface area contributed by atoms with Gasteiger partial charge in [0.05, 0.1) is 34.5 Å². The van der Waals surface area contributed by atoms with Gasteiger partial charge in [-0.15, -0.1) is 0 Å². The van der Waals surface area contributed by atoms with Crippen molar-refractivity contribution in [3.05, 3.63) is 69.9 Å². The maximum atomic E-state index is 12.8. The van der Waals surface area contributed by atoms with Crippen molar-refractivity contribution in [3.8, 4) is 0 Å². The van der Waals surface area contributed by atoms with Crippen LogP contribution in [-0.4, -0.2) is 22.8 Å². The molecule has 6 nitrogen and oxygen atoms in total. The predicted molar refractivity (Wildman–Crippen MR) is 134 cm³/mol. The van der Waals surface area contributed by atoms with Crippen molar-refractivity contribution in [2.45, 2.75) is 26.1 Å². The minimum absolute atomic E-state index is 0.115. The number of halogens is 4. The number of ether oxygens (including phenoxy) is 1. The standard InChI is InChI=1S/C22H20ClF3N4O2S2/c1-3-32-19(31)17-11(2)27-20(33)30-18(17)12-4-7-14(8-5-12)28-21(34)29-16-9-6-13(10-15(16)23)22(24,25)26/h4-10,18H,3H2,1-2H3,(H2,27,30,33)(H2,28,29,34). The van der Waals surface area contributed by atoms with Crippen LogP contribution in [-0.2, 0) is 15.7 Å². The smallest absolute Gasteiger partial charge is 0.416 e. The fourth-order valence-electron chi connectivity index (χ4n) is 3.26. The summed E-state index contributed by atoms with van der Waals surface area (Å²) in [4.78, 5) is 12.5. The SMILES string of the molecule is CCOC(=O)C1=C(C)NC(=S)NC1c1ccc(NC(=S)Nc2ccc(C(F)(F)F)cc2Cl)cc1. The molecule has 0 radical (unpaired) electrons. The fourth-order valence-corrected chi connectivity index (χ4v) is 3.99. The van der Waals surface area contributed by atoms with Crippen LogP contribution in [0, 0.1) is 0 Å². The number of rotatable bonds is 5. The Kier molecular flexibility index (Phi) is 8.01. The number of anilines is 2.